The predicted octanol–water partition coefficient (Wildman–Crippen LogP) is 1.45. The summed E-state index contributed by atoms with van der Waals surface area (Å²) in [7, 11) is -3.67. The second-order valence-corrected chi connectivity index (χ2v) is 8.36. The lowest BCUT2D eigenvalue weighted by molar-refractivity contribution is 0.0591. The smallest absolute Gasteiger partial charge is 0.268 e. The van der Waals surface area contributed by atoms with E-state index in [0.717, 1.165) is 4.90 Å². The van der Waals surface area contributed by atoms with Crippen LogP contribution in [0.4, 0.5) is 0 Å². The van der Waals surface area contributed by atoms with Crippen LogP contribution in [0.5, 0.6) is 0 Å². The number of nitrogens with zero attached hydrogens (tertiary/aromatic N) is 3. The Morgan fingerprint density at radius 3 is 2.58 bits per heavy atom. The second kappa shape index (κ2) is 6.00. The summed E-state index contributed by atoms with van der Waals surface area (Å²) in [6.45, 7) is 2.11. The molecule has 2 aliphatic rings. The van der Waals surface area contributed by atoms with Crippen molar-refractivity contribution in [1.29, 1.82) is 0 Å². The zero-order valence-corrected chi connectivity index (χ0v) is 14.9. The van der Waals surface area contributed by atoms with E-state index in [1.54, 1.807) is 43.3 Å². The van der Waals surface area contributed by atoms with Gasteiger partial charge < -0.3 is 0 Å². The number of imide groups is 1. The number of sulfonamides is 1. The zero-order chi connectivity index (χ0) is 18.5. The maximum Gasteiger partial charge on any atom is 0.280 e. The molecule has 0 radical (unpaired) electrons. The molecule has 2 amide bonds. The summed E-state index contributed by atoms with van der Waals surface area (Å²) in [6.07, 6.45) is 1.88. The Morgan fingerprint density at radius 2 is 1.85 bits per heavy atom. The van der Waals surface area contributed by atoms with Gasteiger partial charge in [-0.25, -0.2) is 8.42 Å². The number of carbonyl (C=O) groups excluding carboxylic acids is 2. The van der Waals surface area contributed by atoms with E-state index in [1.807, 2.05) is 0 Å². The standard InChI is InChI=1S/C18H17N3O4S/c1-12-5-2-3-7-15(12)26(24,25)20-10-8-13(11-20)21-17(22)14-6-4-9-19-16(14)18(21)23/h2-7,9,13H,8,10-11H2,1H3. The Balaban J connectivity index is 1.60. The van der Waals surface area contributed by atoms with Gasteiger partial charge in [0, 0.05) is 19.3 Å². The number of aryl methyl sites for hydroxylation is 1. The van der Waals surface area contributed by atoms with E-state index in [0.29, 0.717) is 12.0 Å². The average molecular weight is 371 g/mol. The van der Waals surface area contributed by atoms with Crippen molar-refractivity contribution in [3.63, 3.8) is 0 Å². The van der Waals surface area contributed by atoms with E-state index in [9.17, 15) is 18.0 Å². The third kappa shape index (κ3) is 2.45. The fraction of sp³-hybridized carbons (Fsp3) is 0.278. The second-order valence-electron chi connectivity index (χ2n) is 6.45. The number of hydrogen-bond donors (Lipinski definition) is 0. The van der Waals surface area contributed by atoms with Gasteiger partial charge in [0.25, 0.3) is 11.8 Å². The van der Waals surface area contributed by atoms with Crippen molar-refractivity contribution in [2.24, 2.45) is 0 Å². The number of carbonyl (C=O) groups is 2. The largest absolute Gasteiger partial charge is 0.280 e. The Morgan fingerprint density at radius 1 is 1.08 bits per heavy atom. The summed E-state index contributed by atoms with van der Waals surface area (Å²) >= 11 is 0. The van der Waals surface area contributed by atoms with Gasteiger partial charge in [-0.1, -0.05) is 18.2 Å². The highest BCUT2D eigenvalue weighted by molar-refractivity contribution is 7.89. The Bertz CT molecular complexity index is 984. The number of rotatable bonds is 3. The van der Waals surface area contributed by atoms with E-state index in [2.05, 4.69) is 4.98 Å². The van der Waals surface area contributed by atoms with Crippen molar-refractivity contribution in [3.05, 3.63) is 59.4 Å². The molecule has 4 rings (SSSR count). The molecular formula is C18H17N3O4S. The molecule has 0 N–H and O–H groups in total. The molecule has 1 unspecified atom stereocenters. The maximum absolute atomic E-state index is 12.9. The van der Waals surface area contributed by atoms with Crippen molar-refractivity contribution < 1.29 is 18.0 Å². The van der Waals surface area contributed by atoms with Crippen LogP contribution in [0.1, 0.15) is 32.8 Å². The summed E-state index contributed by atoms with van der Waals surface area (Å²) in [5.41, 5.74) is 1.08. The van der Waals surface area contributed by atoms with Crippen LogP contribution < -0.4 is 0 Å². The lowest BCUT2D eigenvalue weighted by Gasteiger charge is -2.22. The van der Waals surface area contributed by atoms with E-state index < -0.39 is 27.9 Å². The quantitative estimate of drug-likeness (QED) is 0.762. The number of hydrogen-bond acceptors (Lipinski definition) is 5. The molecule has 2 aromatic rings. The molecule has 8 heteroatoms. The van der Waals surface area contributed by atoms with Crippen LogP contribution in [-0.4, -0.2) is 53.6 Å². The van der Waals surface area contributed by atoms with E-state index in [4.69, 9.17) is 0 Å². The van der Waals surface area contributed by atoms with Crippen LogP contribution in [0.25, 0.3) is 0 Å². The van der Waals surface area contributed by atoms with Gasteiger partial charge in [0.1, 0.15) is 5.69 Å². The molecule has 1 fully saturated rings. The van der Waals surface area contributed by atoms with Crippen LogP contribution in [0.15, 0.2) is 47.5 Å². The van der Waals surface area contributed by atoms with Gasteiger partial charge in [0.05, 0.1) is 16.5 Å². The first kappa shape index (κ1) is 16.9. The molecule has 0 saturated carbocycles. The van der Waals surface area contributed by atoms with Crippen LogP contribution in [0.2, 0.25) is 0 Å². The third-order valence-corrected chi connectivity index (χ3v) is 6.91. The lowest BCUT2D eigenvalue weighted by Crippen LogP contribution is -2.42. The van der Waals surface area contributed by atoms with Gasteiger partial charge in [-0.05, 0) is 37.1 Å². The zero-order valence-electron chi connectivity index (χ0n) is 14.1. The summed E-state index contributed by atoms with van der Waals surface area (Å²) in [5.74, 6) is -0.857. The maximum atomic E-state index is 12.9. The monoisotopic (exact) mass is 371 g/mol. The van der Waals surface area contributed by atoms with Gasteiger partial charge in [-0.15, -0.1) is 0 Å². The molecule has 2 aliphatic heterocycles. The first-order chi connectivity index (χ1) is 12.4. The van der Waals surface area contributed by atoms with Gasteiger partial charge in [0.2, 0.25) is 10.0 Å². The molecular weight excluding hydrogens is 354 g/mol. The van der Waals surface area contributed by atoms with Crippen LogP contribution in [0.3, 0.4) is 0 Å². The normalized spacial score (nSPS) is 20.7. The van der Waals surface area contributed by atoms with Crippen LogP contribution in [0, 0.1) is 6.92 Å². The fourth-order valence-electron chi connectivity index (χ4n) is 3.54. The molecule has 1 aromatic carbocycles. The summed E-state index contributed by atoms with van der Waals surface area (Å²) in [5, 5.41) is 0. The number of benzene rings is 1. The first-order valence-electron chi connectivity index (χ1n) is 8.30. The minimum absolute atomic E-state index is 0.0993. The van der Waals surface area contributed by atoms with Crippen molar-refractivity contribution in [2.45, 2.75) is 24.3 Å². The minimum Gasteiger partial charge on any atom is -0.268 e. The molecule has 0 aliphatic carbocycles. The van der Waals surface area contributed by atoms with Crippen molar-refractivity contribution >= 4 is 21.8 Å². The van der Waals surface area contributed by atoms with E-state index in [-0.39, 0.29) is 29.2 Å². The van der Waals surface area contributed by atoms with Crippen LogP contribution >= 0.6 is 0 Å². The molecule has 3 heterocycles. The number of aromatic nitrogens is 1. The van der Waals surface area contributed by atoms with Crippen LogP contribution in [-0.2, 0) is 10.0 Å². The van der Waals surface area contributed by atoms with Gasteiger partial charge in [-0.2, -0.15) is 4.31 Å². The average Bonchev–Trinajstić information content (AvgIpc) is 3.20. The molecule has 0 bridgehead atoms. The molecule has 26 heavy (non-hydrogen) atoms. The van der Waals surface area contributed by atoms with Gasteiger partial charge in [0.15, 0.2) is 0 Å². The first-order valence-corrected chi connectivity index (χ1v) is 9.74. The Labute approximate surface area is 151 Å². The van der Waals surface area contributed by atoms with Crippen molar-refractivity contribution in [3.8, 4) is 0 Å². The van der Waals surface area contributed by atoms with Crippen molar-refractivity contribution in [1.82, 2.24) is 14.2 Å². The van der Waals surface area contributed by atoms with Gasteiger partial charge in [-0.3, -0.25) is 19.5 Å². The molecule has 7 nitrogen and oxygen atoms in total. The number of fused-ring (bicyclic) bond motifs is 1. The molecule has 1 aromatic heterocycles. The summed E-state index contributed by atoms with van der Waals surface area (Å²) in [6, 6.07) is 9.48. The lowest BCUT2D eigenvalue weighted by atomic mass is 10.2. The number of amides is 2. The highest BCUT2D eigenvalue weighted by Crippen LogP contribution is 2.30. The highest BCUT2D eigenvalue weighted by atomic mass is 32.2. The summed E-state index contributed by atoms with van der Waals surface area (Å²) in [4.78, 5) is 30.5. The minimum atomic E-state index is -3.67. The van der Waals surface area contributed by atoms with E-state index in [1.165, 1.54) is 10.5 Å². The topological polar surface area (TPSA) is 87.7 Å². The molecule has 1 saturated heterocycles. The highest BCUT2D eigenvalue weighted by Gasteiger charge is 2.45. The molecule has 134 valence electrons. The van der Waals surface area contributed by atoms with E-state index >= 15 is 0 Å². The fourth-order valence-corrected chi connectivity index (χ4v) is 5.26. The SMILES string of the molecule is Cc1ccccc1S(=O)(=O)N1CCC(N2C(=O)c3cccnc3C2=O)C1. The van der Waals surface area contributed by atoms with Crippen molar-refractivity contribution in [2.75, 3.05) is 13.1 Å². The Kier molecular flexibility index (Phi) is 3.89. The molecule has 1 atom stereocenters. The molecule has 0 spiro atoms. The van der Waals surface area contributed by atoms with Gasteiger partial charge >= 0.3 is 0 Å². The predicted molar refractivity (Wildman–Crippen MR) is 93.1 cm³/mol. The third-order valence-electron chi connectivity index (χ3n) is 4.88. The number of pyridine rings is 1. The summed E-state index contributed by atoms with van der Waals surface area (Å²) < 4.78 is 27.2. The Hall–Kier alpha value is -2.58.